The first-order valence-electron chi connectivity index (χ1n) is 6.89. The first kappa shape index (κ1) is 17.7. The van der Waals surface area contributed by atoms with Crippen molar-refractivity contribution in [2.24, 2.45) is 4.99 Å². The maximum Gasteiger partial charge on any atom is 0.291 e. The van der Waals surface area contributed by atoms with Gasteiger partial charge in [0, 0.05) is 23.1 Å². The van der Waals surface area contributed by atoms with E-state index in [1.807, 2.05) is 0 Å². The highest BCUT2D eigenvalue weighted by atomic mass is 35.5. The van der Waals surface area contributed by atoms with Crippen molar-refractivity contribution >= 4 is 35.5 Å². The Morgan fingerprint density at radius 3 is 2.43 bits per heavy atom. The van der Waals surface area contributed by atoms with E-state index < -0.39 is 0 Å². The smallest absolute Gasteiger partial charge is 0.291 e. The molecule has 0 aliphatic rings. The van der Waals surface area contributed by atoms with Crippen LogP contribution in [0.3, 0.4) is 0 Å². The molecular formula is C14H16Cl2N4O3. The van der Waals surface area contributed by atoms with E-state index in [0.717, 1.165) is 0 Å². The molecule has 0 unspecified atom stereocenters. The summed E-state index contributed by atoms with van der Waals surface area (Å²) in [5, 5.41) is 22.6. The second-order valence-corrected chi connectivity index (χ2v) is 5.41. The van der Waals surface area contributed by atoms with Crippen LogP contribution in [0.25, 0.3) is 0 Å². The van der Waals surface area contributed by atoms with Gasteiger partial charge in [-0.05, 0) is 22.9 Å². The Kier molecular flexibility index (Phi) is 6.79. The summed E-state index contributed by atoms with van der Waals surface area (Å²) in [6.45, 7) is 0.608. The van der Waals surface area contributed by atoms with E-state index in [-0.39, 0.29) is 19.2 Å². The topological polar surface area (TPSA) is 95.0 Å². The van der Waals surface area contributed by atoms with Gasteiger partial charge in [0.05, 0.1) is 26.0 Å². The van der Waals surface area contributed by atoms with Crippen LogP contribution >= 0.6 is 23.2 Å². The monoisotopic (exact) mass is 358 g/mol. The second-order valence-electron chi connectivity index (χ2n) is 4.59. The lowest BCUT2D eigenvalue weighted by atomic mass is 10.1. The van der Waals surface area contributed by atoms with Gasteiger partial charge in [0.25, 0.3) is 5.95 Å². The molecule has 0 aliphatic heterocycles. The first-order valence-corrected chi connectivity index (χ1v) is 7.65. The van der Waals surface area contributed by atoms with Gasteiger partial charge in [0.15, 0.2) is 0 Å². The molecule has 124 valence electrons. The minimum atomic E-state index is -0.0471. The average Bonchev–Trinajstić information content (AvgIpc) is 2.97. The van der Waals surface area contributed by atoms with E-state index in [0.29, 0.717) is 41.0 Å². The molecule has 7 nitrogen and oxygen atoms in total. The minimum absolute atomic E-state index is 0.0471. The summed E-state index contributed by atoms with van der Waals surface area (Å²) in [6.07, 6.45) is 1.75. The fraction of sp³-hybridized carbons (Fsp3) is 0.357. The number of hydrogen-bond donors (Lipinski definition) is 2. The van der Waals surface area contributed by atoms with Crippen LogP contribution in [0, 0.1) is 0 Å². The van der Waals surface area contributed by atoms with Crippen LogP contribution in [-0.4, -0.2) is 57.9 Å². The third-order valence-corrected chi connectivity index (χ3v) is 3.67. The fourth-order valence-corrected chi connectivity index (χ4v) is 2.37. The largest absolute Gasteiger partial charge is 0.395 e. The molecule has 1 heterocycles. The van der Waals surface area contributed by atoms with Crippen LogP contribution in [0.15, 0.2) is 27.7 Å². The molecule has 0 spiro atoms. The second kappa shape index (κ2) is 8.83. The van der Waals surface area contributed by atoms with E-state index >= 15 is 0 Å². The molecule has 1 aromatic carbocycles. The van der Waals surface area contributed by atoms with E-state index in [2.05, 4.69) is 15.1 Å². The normalized spacial score (nSPS) is 11.3. The van der Waals surface area contributed by atoms with Gasteiger partial charge < -0.3 is 19.6 Å². The van der Waals surface area contributed by atoms with Gasteiger partial charge in [-0.2, -0.15) is 9.98 Å². The number of hydrogen-bond acceptors (Lipinski definition) is 6. The molecule has 1 aromatic heterocycles. The summed E-state index contributed by atoms with van der Waals surface area (Å²) in [4.78, 5) is 9.82. The average molecular weight is 359 g/mol. The fourth-order valence-electron chi connectivity index (χ4n) is 1.84. The molecule has 0 saturated heterocycles. The molecule has 2 aromatic rings. The van der Waals surface area contributed by atoms with Crippen molar-refractivity contribution in [2.75, 3.05) is 26.3 Å². The lowest BCUT2D eigenvalue weighted by Gasteiger charge is -2.15. The van der Waals surface area contributed by atoms with E-state index in [4.69, 9.17) is 37.9 Å². The Bertz CT molecular complexity index is 637. The third-order valence-electron chi connectivity index (χ3n) is 2.96. The zero-order valence-electron chi connectivity index (χ0n) is 12.2. The quantitative estimate of drug-likeness (QED) is 0.552. The van der Waals surface area contributed by atoms with Crippen LogP contribution in [0.1, 0.15) is 11.5 Å². The van der Waals surface area contributed by atoms with Gasteiger partial charge in [-0.25, -0.2) is 0 Å². The number of halogens is 2. The van der Waals surface area contributed by atoms with Crippen LogP contribution in [0.2, 0.25) is 10.0 Å². The zero-order chi connectivity index (χ0) is 16.7. The van der Waals surface area contributed by atoms with Crippen molar-refractivity contribution < 1.29 is 14.7 Å². The number of aliphatic hydroxyl groups excluding tert-OH is 2. The van der Waals surface area contributed by atoms with Crippen molar-refractivity contribution in [2.45, 2.75) is 6.42 Å². The lowest BCUT2D eigenvalue weighted by molar-refractivity contribution is 0.215. The SMILES string of the molecule is OCCN(C=Nc1noc(Cc2c(Cl)cccc2Cl)n1)CCO. The molecular weight excluding hydrogens is 343 g/mol. The molecule has 2 N–H and O–H groups in total. The van der Waals surface area contributed by atoms with Gasteiger partial charge in [-0.1, -0.05) is 29.3 Å². The Balaban J connectivity index is 2.05. The summed E-state index contributed by atoms with van der Waals surface area (Å²) in [5.41, 5.74) is 0.706. The van der Waals surface area contributed by atoms with Crippen molar-refractivity contribution in [1.29, 1.82) is 0 Å². The van der Waals surface area contributed by atoms with E-state index in [1.165, 1.54) is 6.34 Å². The number of nitrogens with zero attached hydrogens (tertiary/aromatic N) is 4. The van der Waals surface area contributed by atoms with Crippen molar-refractivity contribution in [3.63, 3.8) is 0 Å². The number of benzene rings is 1. The van der Waals surface area contributed by atoms with Crippen LogP contribution in [0.4, 0.5) is 5.95 Å². The number of aliphatic imine (C=N–C) groups is 1. The third kappa shape index (κ3) is 5.18. The molecule has 0 radical (unpaired) electrons. The highest BCUT2D eigenvalue weighted by Crippen LogP contribution is 2.26. The van der Waals surface area contributed by atoms with Crippen molar-refractivity contribution in [1.82, 2.24) is 15.0 Å². The van der Waals surface area contributed by atoms with E-state index in [9.17, 15) is 0 Å². The van der Waals surface area contributed by atoms with Crippen LogP contribution < -0.4 is 0 Å². The van der Waals surface area contributed by atoms with Gasteiger partial charge >= 0.3 is 0 Å². The highest BCUT2D eigenvalue weighted by molar-refractivity contribution is 6.36. The predicted octanol–water partition coefficient (Wildman–Crippen LogP) is 1.91. The zero-order valence-corrected chi connectivity index (χ0v) is 13.7. The van der Waals surface area contributed by atoms with Gasteiger partial charge in [0.2, 0.25) is 5.89 Å². The standard InChI is InChI=1S/C14H16Cl2N4O3/c15-11-2-1-3-12(16)10(11)8-13-18-14(19-23-13)17-9-20(4-6-21)5-7-22/h1-3,9,21-22H,4-8H2. The van der Waals surface area contributed by atoms with Crippen LogP contribution in [0.5, 0.6) is 0 Å². The molecule has 0 aliphatic carbocycles. The number of aromatic nitrogens is 2. The van der Waals surface area contributed by atoms with Gasteiger partial charge in [0.1, 0.15) is 0 Å². The van der Waals surface area contributed by atoms with Gasteiger partial charge in [-0.15, -0.1) is 0 Å². The molecule has 0 atom stereocenters. The summed E-state index contributed by atoms with van der Waals surface area (Å²) >= 11 is 12.2. The van der Waals surface area contributed by atoms with Crippen LogP contribution in [-0.2, 0) is 6.42 Å². The molecule has 23 heavy (non-hydrogen) atoms. The Morgan fingerprint density at radius 2 is 1.83 bits per heavy atom. The summed E-state index contributed by atoms with van der Waals surface area (Å²) < 4.78 is 5.12. The lowest BCUT2D eigenvalue weighted by Crippen LogP contribution is -2.28. The molecule has 0 amide bonds. The Hall–Kier alpha value is -1.67. The molecule has 0 bridgehead atoms. The molecule has 0 saturated carbocycles. The number of aliphatic hydroxyl groups is 2. The maximum atomic E-state index is 8.92. The van der Waals surface area contributed by atoms with Gasteiger partial charge in [-0.3, -0.25) is 0 Å². The summed E-state index contributed by atoms with van der Waals surface area (Å²) in [6, 6.07) is 5.23. The van der Waals surface area contributed by atoms with E-state index in [1.54, 1.807) is 23.1 Å². The Morgan fingerprint density at radius 1 is 1.17 bits per heavy atom. The summed E-state index contributed by atoms with van der Waals surface area (Å²) in [5.74, 6) is 0.479. The molecule has 2 rings (SSSR count). The van der Waals surface area contributed by atoms with Crippen molar-refractivity contribution in [3.05, 3.63) is 39.7 Å². The number of rotatable bonds is 8. The van der Waals surface area contributed by atoms with Crippen molar-refractivity contribution in [3.8, 4) is 0 Å². The minimum Gasteiger partial charge on any atom is -0.395 e. The molecule has 9 heteroatoms. The molecule has 0 fully saturated rings. The first-order chi connectivity index (χ1) is 11.1. The summed E-state index contributed by atoms with van der Waals surface area (Å²) in [7, 11) is 0. The Labute approximate surface area is 143 Å². The highest BCUT2D eigenvalue weighted by Gasteiger charge is 2.12. The predicted molar refractivity (Wildman–Crippen MR) is 87.5 cm³/mol. The maximum absolute atomic E-state index is 8.92.